The number of aromatic nitrogens is 2. The van der Waals surface area contributed by atoms with Crippen molar-refractivity contribution < 1.29 is 5.11 Å². The summed E-state index contributed by atoms with van der Waals surface area (Å²) in [7, 11) is 1.88. The van der Waals surface area contributed by atoms with Crippen LogP contribution in [-0.4, -0.2) is 41.3 Å². The maximum Gasteiger partial charge on any atom is 0.137 e. The monoisotopic (exact) mass is 250 g/mol. The van der Waals surface area contributed by atoms with Crippen molar-refractivity contribution in [2.75, 3.05) is 30.4 Å². The number of hydrogen-bond donors (Lipinski definition) is 2. The predicted molar refractivity (Wildman–Crippen MR) is 73.0 cm³/mol. The third-order valence-electron chi connectivity index (χ3n) is 3.67. The van der Waals surface area contributed by atoms with Gasteiger partial charge in [0.2, 0.25) is 0 Å². The number of aliphatic hydroxyl groups is 1. The molecule has 2 rings (SSSR count). The fourth-order valence-electron chi connectivity index (χ4n) is 2.54. The molecular weight excluding hydrogens is 228 g/mol. The van der Waals surface area contributed by atoms with Crippen molar-refractivity contribution in [3.05, 3.63) is 11.9 Å². The van der Waals surface area contributed by atoms with Crippen molar-refractivity contribution in [2.24, 2.45) is 5.92 Å². The van der Waals surface area contributed by atoms with Crippen LogP contribution in [0.3, 0.4) is 0 Å². The first-order valence-corrected chi connectivity index (χ1v) is 6.62. The van der Waals surface area contributed by atoms with Crippen LogP contribution in [0, 0.1) is 5.92 Å². The molecule has 2 unspecified atom stereocenters. The highest BCUT2D eigenvalue weighted by Gasteiger charge is 2.26. The summed E-state index contributed by atoms with van der Waals surface area (Å²) in [5, 5.41) is 12.9. The smallest absolute Gasteiger partial charge is 0.137 e. The Morgan fingerprint density at radius 2 is 2.28 bits per heavy atom. The highest BCUT2D eigenvalue weighted by molar-refractivity contribution is 5.58. The van der Waals surface area contributed by atoms with Crippen LogP contribution < -0.4 is 10.2 Å². The first-order chi connectivity index (χ1) is 8.67. The summed E-state index contributed by atoms with van der Waals surface area (Å²) >= 11 is 0. The minimum absolute atomic E-state index is 0.183. The summed E-state index contributed by atoms with van der Waals surface area (Å²) in [6, 6.07) is 0. The number of nitrogens with one attached hydrogen (secondary N) is 1. The quantitative estimate of drug-likeness (QED) is 0.846. The number of hydrogen-bond acceptors (Lipinski definition) is 5. The third kappa shape index (κ3) is 2.41. The van der Waals surface area contributed by atoms with Crippen LogP contribution in [0.15, 0.2) is 6.33 Å². The van der Waals surface area contributed by atoms with E-state index >= 15 is 0 Å². The SMILES string of the molecule is CCc1c(NC)ncnc1N1CCC(O)C(C)C1. The molecule has 0 spiro atoms. The predicted octanol–water partition coefficient (Wildman–Crippen LogP) is 1.29. The molecule has 5 nitrogen and oxygen atoms in total. The largest absolute Gasteiger partial charge is 0.393 e. The molecule has 0 amide bonds. The average molecular weight is 250 g/mol. The van der Waals surface area contributed by atoms with Crippen molar-refractivity contribution in [2.45, 2.75) is 32.8 Å². The van der Waals surface area contributed by atoms with Gasteiger partial charge in [-0.05, 0) is 18.8 Å². The Hall–Kier alpha value is -1.36. The van der Waals surface area contributed by atoms with Crippen LogP contribution in [0.25, 0.3) is 0 Å². The summed E-state index contributed by atoms with van der Waals surface area (Å²) in [4.78, 5) is 11.0. The Kier molecular flexibility index (Phi) is 4.01. The van der Waals surface area contributed by atoms with Gasteiger partial charge in [-0.15, -0.1) is 0 Å². The Labute approximate surface area is 108 Å². The van der Waals surface area contributed by atoms with E-state index in [1.807, 2.05) is 7.05 Å². The molecule has 1 aliphatic heterocycles. The van der Waals surface area contributed by atoms with Gasteiger partial charge in [-0.3, -0.25) is 0 Å². The second-order valence-corrected chi connectivity index (χ2v) is 4.91. The molecule has 0 aromatic carbocycles. The molecule has 5 heteroatoms. The zero-order valence-corrected chi connectivity index (χ0v) is 11.3. The summed E-state index contributed by atoms with van der Waals surface area (Å²) in [5.41, 5.74) is 1.16. The topological polar surface area (TPSA) is 61.3 Å². The van der Waals surface area contributed by atoms with Crippen molar-refractivity contribution in [3.8, 4) is 0 Å². The Balaban J connectivity index is 2.28. The lowest BCUT2D eigenvalue weighted by Crippen LogP contribution is -2.42. The van der Waals surface area contributed by atoms with E-state index in [2.05, 4.69) is 34.0 Å². The number of nitrogens with zero attached hydrogens (tertiary/aromatic N) is 3. The minimum Gasteiger partial charge on any atom is -0.393 e. The van der Waals surface area contributed by atoms with E-state index in [-0.39, 0.29) is 12.0 Å². The number of aliphatic hydroxyl groups excluding tert-OH is 1. The molecule has 18 heavy (non-hydrogen) atoms. The van der Waals surface area contributed by atoms with Crippen LogP contribution in [-0.2, 0) is 6.42 Å². The van der Waals surface area contributed by atoms with Crippen molar-refractivity contribution in [1.29, 1.82) is 0 Å². The van der Waals surface area contributed by atoms with Gasteiger partial charge < -0.3 is 15.3 Å². The van der Waals surface area contributed by atoms with E-state index in [0.717, 1.165) is 43.1 Å². The van der Waals surface area contributed by atoms with Gasteiger partial charge in [-0.2, -0.15) is 0 Å². The number of rotatable bonds is 3. The van der Waals surface area contributed by atoms with E-state index in [9.17, 15) is 5.11 Å². The second-order valence-electron chi connectivity index (χ2n) is 4.91. The Morgan fingerprint density at radius 3 is 2.89 bits per heavy atom. The Morgan fingerprint density at radius 1 is 1.50 bits per heavy atom. The van der Waals surface area contributed by atoms with E-state index in [1.54, 1.807) is 6.33 Å². The first-order valence-electron chi connectivity index (χ1n) is 6.62. The van der Waals surface area contributed by atoms with Crippen molar-refractivity contribution >= 4 is 11.6 Å². The fraction of sp³-hybridized carbons (Fsp3) is 0.692. The standard InChI is InChI=1S/C13H22N4O/c1-4-10-12(14-3)15-8-16-13(10)17-6-5-11(18)9(2)7-17/h8-9,11,18H,4-7H2,1-3H3,(H,14,15,16). The maximum atomic E-state index is 9.80. The van der Waals surface area contributed by atoms with Crippen LogP contribution in [0.2, 0.25) is 0 Å². The molecule has 0 bridgehead atoms. The van der Waals surface area contributed by atoms with Crippen molar-refractivity contribution in [3.63, 3.8) is 0 Å². The van der Waals surface area contributed by atoms with Gasteiger partial charge in [-0.25, -0.2) is 9.97 Å². The van der Waals surface area contributed by atoms with Gasteiger partial charge in [0.05, 0.1) is 6.10 Å². The highest BCUT2D eigenvalue weighted by Crippen LogP contribution is 2.27. The molecule has 1 aromatic heterocycles. The maximum absolute atomic E-state index is 9.80. The first kappa shape index (κ1) is 13.1. The minimum atomic E-state index is -0.183. The third-order valence-corrected chi connectivity index (χ3v) is 3.67. The van der Waals surface area contributed by atoms with E-state index < -0.39 is 0 Å². The molecule has 2 N–H and O–H groups in total. The second kappa shape index (κ2) is 5.52. The molecule has 1 aliphatic rings. The molecule has 1 aromatic rings. The zero-order valence-electron chi connectivity index (χ0n) is 11.3. The molecule has 100 valence electrons. The molecule has 0 saturated carbocycles. The molecule has 1 saturated heterocycles. The lowest BCUT2D eigenvalue weighted by molar-refractivity contribution is 0.0968. The molecule has 1 fully saturated rings. The van der Waals surface area contributed by atoms with Crippen LogP contribution >= 0.6 is 0 Å². The van der Waals surface area contributed by atoms with E-state index in [4.69, 9.17) is 0 Å². The molecule has 0 aliphatic carbocycles. The van der Waals surface area contributed by atoms with Crippen molar-refractivity contribution in [1.82, 2.24) is 9.97 Å². The fourth-order valence-corrected chi connectivity index (χ4v) is 2.54. The summed E-state index contributed by atoms with van der Waals surface area (Å²) < 4.78 is 0. The average Bonchev–Trinajstić information content (AvgIpc) is 2.40. The van der Waals surface area contributed by atoms with Gasteiger partial charge >= 0.3 is 0 Å². The summed E-state index contributed by atoms with van der Waals surface area (Å²) in [6.07, 6.45) is 3.14. The van der Waals surface area contributed by atoms with Gasteiger partial charge in [-0.1, -0.05) is 13.8 Å². The number of anilines is 2. The van der Waals surface area contributed by atoms with Gasteiger partial charge in [0.15, 0.2) is 0 Å². The van der Waals surface area contributed by atoms with Crippen LogP contribution in [0.4, 0.5) is 11.6 Å². The lowest BCUT2D eigenvalue weighted by atomic mass is 9.96. The van der Waals surface area contributed by atoms with Crippen LogP contribution in [0.1, 0.15) is 25.8 Å². The molecular formula is C13H22N4O. The zero-order chi connectivity index (χ0) is 13.1. The van der Waals surface area contributed by atoms with E-state index in [0.29, 0.717) is 0 Å². The summed E-state index contributed by atoms with van der Waals surface area (Å²) in [6.45, 7) is 5.92. The normalized spacial score (nSPS) is 24.1. The van der Waals surface area contributed by atoms with Gasteiger partial charge in [0.1, 0.15) is 18.0 Å². The lowest BCUT2D eigenvalue weighted by Gasteiger charge is -2.36. The molecule has 2 heterocycles. The highest BCUT2D eigenvalue weighted by atomic mass is 16.3. The molecule has 0 radical (unpaired) electrons. The summed E-state index contributed by atoms with van der Waals surface area (Å²) in [5.74, 6) is 2.20. The van der Waals surface area contributed by atoms with Gasteiger partial charge in [0, 0.05) is 25.7 Å². The molecule has 2 atom stereocenters. The van der Waals surface area contributed by atoms with Gasteiger partial charge in [0.25, 0.3) is 0 Å². The Bertz CT molecular complexity index is 410. The van der Waals surface area contributed by atoms with E-state index in [1.165, 1.54) is 0 Å². The van der Waals surface area contributed by atoms with Crippen LogP contribution in [0.5, 0.6) is 0 Å². The number of piperidine rings is 1.